The summed E-state index contributed by atoms with van der Waals surface area (Å²) in [5.74, 6) is -0.975. The number of nitrogens with one attached hydrogen (secondary N) is 2. The average molecular weight is 528 g/mol. The highest BCUT2D eigenvalue weighted by Gasteiger charge is 2.50. The third-order valence-electron chi connectivity index (χ3n) is 6.81. The zero-order chi connectivity index (χ0) is 25.6. The van der Waals surface area contributed by atoms with Gasteiger partial charge in [-0.05, 0) is 75.7 Å². The van der Waals surface area contributed by atoms with Crippen molar-refractivity contribution in [1.82, 2.24) is 14.9 Å². The largest absolute Gasteiger partial charge is 0.416 e. The number of hydrogen-bond donors (Lipinski definition) is 2. The van der Waals surface area contributed by atoms with Crippen LogP contribution in [0.15, 0.2) is 18.2 Å². The predicted molar refractivity (Wildman–Crippen MR) is 115 cm³/mol. The maximum absolute atomic E-state index is 13.0. The van der Waals surface area contributed by atoms with Crippen molar-refractivity contribution in [2.45, 2.75) is 61.7 Å². The number of sulfonamides is 1. The normalized spacial score (nSPS) is 21.7. The fourth-order valence-corrected chi connectivity index (χ4v) is 6.20. The molecule has 0 radical (unpaired) electrons. The van der Waals surface area contributed by atoms with Gasteiger partial charge in [-0.2, -0.15) is 26.3 Å². The lowest BCUT2D eigenvalue weighted by Gasteiger charge is -2.34. The first kappa shape index (κ1) is 26.2. The lowest BCUT2D eigenvalue weighted by atomic mass is 9.96. The topological polar surface area (TPSA) is 78.5 Å². The van der Waals surface area contributed by atoms with Crippen molar-refractivity contribution in [3.8, 4) is 0 Å². The van der Waals surface area contributed by atoms with E-state index in [1.807, 2.05) is 0 Å². The Kier molecular flexibility index (Phi) is 6.90. The lowest BCUT2D eigenvalue weighted by Crippen LogP contribution is -2.49. The summed E-state index contributed by atoms with van der Waals surface area (Å²) in [6.07, 6.45) is -5.74. The number of carbonyl (C=O) groups excluding carboxylic acids is 1. The molecule has 35 heavy (non-hydrogen) atoms. The average Bonchev–Trinajstić information content (AvgIpc) is 3.67. The Morgan fingerprint density at radius 3 is 1.94 bits per heavy atom. The Bertz CT molecular complexity index is 1020. The minimum absolute atomic E-state index is 0.0100. The Labute approximate surface area is 199 Å². The minimum atomic E-state index is -5.02. The van der Waals surface area contributed by atoms with Crippen LogP contribution in [0.4, 0.5) is 26.3 Å². The zero-order valence-corrected chi connectivity index (χ0v) is 19.6. The van der Waals surface area contributed by atoms with Gasteiger partial charge >= 0.3 is 12.4 Å². The third-order valence-corrected chi connectivity index (χ3v) is 8.88. The van der Waals surface area contributed by atoms with Gasteiger partial charge in [0, 0.05) is 24.2 Å². The second-order valence-electron chi connectivity index (χ2n) is 9.85. The van der Waals surface area contributed by atoms with E-state index >= 15 is 0 Å². The molecule has 13 heteroatoms. The summed E-state index contributed by atoms with van der Waals surface area (Å²) < 4.78 is 106. The highest BCUT2D eigenvalue weighted by Crippen LogP contribution is 2.40. The van der Waals surface area contributed by atoms with Gasteiger partial charge in [0.15, 0.2) is 0 Å². The quantitative estimate of drug-likeness (QED) is 0.505. The van der Waals surface area contributed by atoms with Crippen molar-refractivity contribution in [1.29, 1.82) is 0 Å². The number of likely N-dealkylation sites (tertiary alicyclic amines) is 1. The van der Waals surface area contributed by atoms with E-state index in [4.69, 9.17) is 0 Å². The summed E-state index contributed by atoms with van der Waals surface area (Å²) in [7, 11) is -3.28. The lowest BCUT2D eigenvalue weighted by molar-refractivity contribution is -0.143. The van der Waals surface area contributed by atoms with E-state index in [0.29, 0.717) is 57.5 Å². The summed E-state index contributed by atoms with van der Waals surface area (Å²) >= 11 is 0. The van der Waals surface area contributed by atoms with E-state index in [9.17, 15) is 39.6 Å². The zero-order valence-electron chi connectivity index (χ0n) is 18.8. The molecule has 0 unspecified atom stereocenters. The molecule has 3 aliphatic rings. The first-order valence-corrected chi connectivity index (χ1v) is 13.0. The molecule has 4 rings (SSSR count). The molecule has 0 atom stereocenters. The number of alkyl halides is 6. The fraction of sp³-hybridized carbons (Fsp3) is 0.682. The number of nitrogens with zero attached hydrogens (tertiary/aromatic N) is 1. The van der Waals surface area contributed by atoms with Crippen LogP contribution in [-0.4, -0.2) is 56.2 Å². The van der Waals surface area contributed by atoms with Crippen LogP contribution in [0.3, 0.4) is 0 Å². The molecule has 1 aliphatic heterocycles. The molecule has 1 aromatic rings. The molecule has 1 saturated heterocycles. The number of rotatable bonds is 8. The van der Waals surface area contributed by atoms with Gasteiger partial charge in [0.25, 0.3) is 5.91 Å². The molecular formula is C22H27F6N3O3S. The van der Waals surface area contributed by atoms with Crippen molar-refractivity contribution in [3.05, 3.63) is 34.9 Å². The number of benzene rings is 1. The van der Waals surface area contributed by atoms with Gasteiger partial charge in [0.1, 0.15) is 0 Å². The Balaban J connectivity index is 1.29. The molecule has 6 nitrogen and oxygen atoms in total. The van der Waals surface area contributed by atoms with Crippen LogP contribution < -0.4 is 10.0 Å². The standard InChI is InChI=1S/C22H27F6N3O3S/c23-21(24,25)16-9-15(10-17(11-16)22(26,27)28)19(32)29-12-14-3-7-31(8-4-14)13-20(5-6-20)30-35(33,34)18-1-2-18/h9-11,14,18,30H,1-8,12-13H2,(H,29,32). The summed E-state index contributed by atoms with van der Waals surface area (Å²) in [5, 5.41) is 2.19. The Hall–Kier alpha value is -1.86. The molecule has 2 N–H and O–H groups in total. The van der Waals surface area contributed by atoms with Gasteiger partial charge in [-0.25, -0.2) is 13.1 Å². The maximum atomic E-state index is 13.0. The number of carbonyl (C=O) groups is 1. The van der Waals surface area contributed by atoms with E-state index in [1.165, 1.54) is 0 Å². The molecule has 2 saturated carbocycles. The van der Waals surface area contributed by atoms with E-state index in [1.54, 1.807) is 0 Å². The van der Waals surface area contributed by atoms with Crippen molar-refractivity contribution in [3.63, 3.8) is 0 Å². The molecular weight excluding hydrogens is 500 g/mol. The molecule has 1 aromatic carbocycles. The number of piperidine rings is 1. The second kappa shape index (κ2) is 9.22. The molecule has 1 amide bonds. The van der Waals surface area contributed by atoms with Gasteiger partial charge < -0.3 is 10.2 Å². The van der Waals surface area contributed by atoms with Gasteiger partial charge in [0.2, 0.25) is 10.0 Å². The van der Waals surface area contributed by atoms with Crippen molar-refractivity contribution in [2.75, 3.05) is 26.2 Å². The van der Waals surface area contributed by atoms with Crippen LogP contribution in [0.25, 0.3) is 0 Å². The van der Waals surface area contributed by atoms with Crippen LogP contribution in [0.5, 0.6) is 0 Å². The summed E-state index contributed by atoms with van der Waals surface area (Å²) in [4.78, 5) is 14.5. The van der Waals surface area contributed by atoms with Crippen LogP contribution in [0.1, 0.15) is 60.0 Å². The third kappa shape index (κ3) is 6.67. The minimum Gasteiger partial charge on any atom is -0.352 e. The maximum Gasteiger partial charge on any atom is 0.416 e. The monoisotopic (exact) mass is 527 g/mol. The molecule has 2 aliphatic carbocycles. The predicted octanol–water partition coefficient (Wildman–Crippen LogP) is 3.78. The van der Waals surface area contributed by atoms with Crippen molar-refractivity contribution < 1.29 is 39.6 Å². The Morgan fingerprint density at radius 2 is 1.49 bits per heavy atom. The van der Waals surface area contributed by atoms with Crippen molar-refractivity contribution in [2.24, 2.45) is 5.92 Å². The van der Waals surface area contributed by atoms with E-state index < -0.39 is 50.5 Å². The molecule has 1 heterocycles. The van der Waals surface area contributed by atoms with Crippen LogP contribution >= 0.6 is 0 Å². The van der Waals surface area contributed by atoms with Crippen LogP contribution in [0.2, 0.25) is 0 Å². The number of halogens is 6. The van der Waals surface area contributed by atoms with Gasteiger partial charge in [-0.1, -0.05) is 0 Å². The van der Waals surface area contributed by atoms with Crippen LogP contribution in [0, 0.1) is 5.92 Å². The second-order valence-corrected chi connectivity index (χ2v) is 11.8. The summed E-state index contributed by atoms with van der Waals surface area (Å²) in [6, 6.07) is 0.833. The molecule has 0 aromatic heterocycles. The summed E-state index contributed by atoms with van der Waals surface area (Å²) in [6.45, 7) is 2.05. The Morgan fingerprint density at radius 1 is 0.943 bits per heavy atom. The van der Waals surface area contributed by atoms with E-state index in [-0.39, 0.29) is 23.8 Å². The smallest absolute Gasteiger partial charge is 0.352 e. The molecule has 0 bridgehead atoms. The SMILES string of the molecule is O=C(NCC1CCN(CC2(NS(=O)(=O)C3CC3)CC2)CC1)c1cc(C(F)(F)F)cc(C(F)(F)F)c1. The van der Waals surface area contributed by atoms with Gasteiger partial charge in [-0.3, -0.25) is 4.79 Å². The fourth-order valence-electron chi connectivity index (χ4n) is 4.41. The molecule has 196 valence electrons. The summed E-state index contributed by atoms with van der Waals surface area (Å²) in [5.41, 5.74) is -4.17. The number of hydrogen-bond acceptors (Lipinski definition) is 4. The highest BCUT2D eigenvalue weighted by atomic mass is 32.2. The van der Waals surface area contributed by atoms with Gasteiger partial charge in [0.05, 0.1) is 16.4 Å². The first-order chi connectivity index (χ1) is 16.2. The number of amides is 1. The van der Waals surface area contributed by atoms with E-state index in [0.717, 1.165) is 12.8 Å². The first-order valence-electron chi connectivity index (χ1n) is 11.5. The van der Waals surface area contributed by atoms with E-state index in [2.05, 4.69) is 14.9 Å². The highest BCUT2D eigenvalue weighted by molar-refractivity contribution is 7.90. The van der Waals surface area contributed by atoms with Gasteiger partial charge in [-0.15, -0.1) is 0 Å². The van der Waals surface area contributed by atoms with Crippen LogP contribution in [-0.2, 0) is 22.4 Å². The van der Waals surface area contributed by atoms with Crippen molar-refractivity contribution >= 4 is 15.9 Å². The molecule has 3 fully saturated rings. The molecule has 0 spiro atoms.